The summed E-state index contributed by atoms with van der Waals surface area (Å²) in [6.07, 6.45) is 4.39. The second-order valence-corrected chi connectivity index (χ2v) is 15.5. The third-order valence-corrected chi connectivity index (χ3v) is 11.1. The van der Waals surface area contributed by atoms with E-state index in [1.54, 1.807) is 26.0 Å². The zero-order valence-corrected chi connectivity index (χ0v) is 35.1. The molecule has 0 spiro atoms. The van der Waals surface area contributed by atoms with E-state index in [4.69, 9.17) is 18.9 Å². The number of carbonyl (C=O) groups is 8. The Balaban J connectivity index is 0.711. The van der Waals surface area contributed by atoms with Gasteiger partial charge in [-0.15, -0.1) is 0 Å². The van der Waals surface area contributed by atoms with Gasteiger partial charge in [-0.05, 0) is 98.8 Å². The van der Waals surface area contributed by atoms with Crippen molar-refractivity contribution in [2.75, 3.05) is 29.7 Å². The summed E-state index contributed by atoms with van der Waals surface area (Å²) < 4.78 is 23.6. The topological polar surface area (TPSA) is 238 Å². The van der Waals surface area contributed by atoms with Gasteiger partial charge in [-0.2, -0.15) is 0 Å². The Labute approximate surface area is 378 Å². The van der Waals surface area contributed by atoms with Crippen LogP contribution >= 0.6 is 0 Å². The number of ether oxygens (including phenoxy) is 4. The molecule has 4 aromatic carbocycles. The standard InChI is InChI=1S/C47H32N8O12/c1-24(21-52-38(56)30-9-5-26(17-34(30)40(52)58)66-28-7-11-32-36(19-28)44(62)54(42(32)60)46-48-13-3-14-49-46)64-22-25(2)65-23-53-39(57)31-10-6-27(18-35(31)41(53)59)67-29-8-12-33-37(20-29)45(63)55(43(33)61)47-50-15-4-16-51-47/h3-20,24-25H,21-23H2,1-2H3. The van der Waals surface area contributed by atoms with Crippen LogP contribution in [0.4, 0.5) is 11.9 Å². The summed E-state index contributed by atoms with van der Waals surface area (Å²) in [4.78, 5) is 125. The molecule has 0 bridgehead atoms. The Morgan fingerprint density at radius 1 is 0.418 bits per heavy atom. The van der Waals surface area contributed by atoms with Gasteiger partial charge in [0.2, 0.25) is 11.9 Å². The summed E-state index contributed by atoms with van der Waals surface area (Å²) in [7, 11) is 0. The summed E-state index contributed by atoms with van der Waals surface area (Å²) in [5.41, 5.74) is 0.969. The van der Waals surface area contributed by atoms with Gasteiger partial charge in [0.1, 0.15) is 29.7 Å². The van der Waals surface area contributed by atoms with E-state index in [0.717, 1.165) is 19.6 Å². The summed E-state index contributed by atoms with van der Waals surface area (Å²) in [6, 6.07) is 20.6. The highest BCUT2D eigenvalue weighted by atomic mass is 16.5. The van der Waals surface area contributed by atoms with E-state index in [2.05, 4.69) is 19.9 Å². The number of benzene rings is 4. The molecule has 0 fully saturated rings. The van der Waals surface area contributed by atoms with E-state index < -0.39 is 66.2 Å². The predicted octanol–water partition coefficient (Wildman–Crippen LogP) is 5.11. The summed E-state index contributed by atoms with van der Waals surface area (Å²) in [6.45, 7) is 2.84. The highest BCUT2D eigenvalue weighted by molar-refractivity contribution is 6.35. The monoisotopic (exact) mass is 900 g/mol. The molecule has 6 aromatic rings. The van der Waals surface area contributed by atoms with Crippen LogP contribution < -0.4 is 19.3 Å². The van der Waals surface area contributed by atoms with E-state index in [0.29, 0.717) is 0 Å². The number of nitrogens with zero attached hydrogens (tertiary/aromatic N) is 8. The van der Waals surface area contributed by atoms with Crippen LogP contribution in [-0.4, -0.2) is 109 Å². The summed E-state index contributed by atoms with van der Waals surface area (Å²) >= 11 is 0. The van der Waals surface area contributed by atoms with Crippen molar-refractivity contribution in [3.05, 3.63) is 154 Å². The largest absolute Gasteiger partial charge is 0.457 e. The quantitative estimate of drug-likeness (QED) is 0.129. The maximum absolute atomic E-state index is 13.5. The average molecular weight is 901 g/mol. The second kappa shape index (κ2) is 16.6. The molecule has 332 valence electrons. The molecule has 0 saturated carbocycles. The van der Waals surface area contributed by atoms with Crippen molar-refractivity contribution in [2.45, 2.75) is 26.1 Å². The van der Waals surface area contributed by atoms with Crippen molar-refractivity contribution >= 4 is 59.2 Å². The molecule has 0 saturated heterocycles. The van der Waals surface area contributed by atoms with Crippen LogP contribution in [0.1, 0.15) is 96.7 Å². The molecule has 2 atom stereocenters. The third-order valence-electron chi connectivity index (χ3n) is 11.1. The molecule has 10 rings (SSSR count). The molecular weight excluding hydrogens is 869 g/mol. The van der Waals surface area contributed by atoms with Gasteiger partial charge in [0, 0.05) is 24.8 Å². The third kappa shape index (κ3) is 7.40. The zero-order valence-electron chi connectivity index (χ0n) is 35.1. The molecule has 4 aliphatic rings. The molecule has 2 unspecified atom stereocenters. The molecule has 6 heterocycles. The first-order valence-corrected chi connectivity index (χ1v) is 20.6. The van der Waals surface area contributed by atoms with Gasteiger partial charge in [0.15, 0.2) is 0 Å². The van der Waals surface area contributed by atoms with Crippen LogP contribution in [0.15, 0.2) is 110 Å². The maximum Gasteiger partial charge on any atom is 0.268 e. The van der Waals surface area contributed by atoms with E-state index >= 15 is 0 Å². The maximum atomic E-state index is 13.5. The Morgan fingerprint density at radius 3 is 1.19 bits per heavy atom. The second-order valence-electron chi connectivity index (χ2n) is 15.5. The average Bonchev–Trinajstić information content (AvgIpc) is 3.92. The fraction of sp³-hybridized carbons (Fsp3) is 0.149. The number of rotatable bonds is 14. The number of imide groups is 4. The van der Waals surface area contributed by atoms with Crippen molar-refractivity contribution in [2.24, 2.45) is 0 Å². The normalized spacial score (nSPS) is 15.9. The van der Waals surface area contributed by atoms with Gasteiger partial charge in [-0.3, -0.25) is 43.3 Å². The smallest absolute Gasteiger partial charge is 0.268 e. The minimum Gasteiger partial charge on any atom is -0.457 e. The lowest BCUT2D eigenvalue weighted by Gasteiger charge is -2.23. The Hall–Kier alpha value is -8.88. The number of hydrogen-bond donors (Lipinski definition) is 0. The summed E-state index contributed by atoms with van der Waals surface area (Å²) in [5.74, 6) is -3.97. The number of carbonyl (C=O) groups excluding carboxylic acids is 8. The first-order chi connectivity index (χ1) is 32.4. The highest BCUT2D eigenvalue weighted by Gasteiger charge is 2.41. The number of hydrogen-bond acceptors (Lipinski definition) is 16. The predicted molar refractivity (Wildman–Crippen MR) is 229 cm³/mol. The van der Waals surface area contributed by atoms with Crippen LogP contribution in [0, 0.1) is 0 Å². The lowest BCUT2D eigenvalue weighted by molar-refractivity contribution is -0.0564. The Morgan fingerprint density at radius 2 is 0.761 bits per heavy atom. The van der Waals surface area contributed by atoms with Crippen LogP contribution in [0.5, 0.6) is 23.0 Å². The zero-order chi connectivity index (χ0) is 46.7. The Bertz CT molecular complexity index is 3150. The van der Waals surface area contributed by atoms with E-state index in [1.165, 1.54) is 97.6 Å². The van der Waals surface area contributed by atoms with Crippen LogP contribution in [0.2, 0.25) is 0 Å². The van der Waals surface area contributed by atoms with E-state index in [1.807, 2.05) is 0 Å². The molecule has 8 amide bonds. The first-order valence-electron chi connectivity index (χ1n) is 20.6. The van der Waals surface area contributed by atoms with Crippen molar-refractivity contribution in [1.82, 2.24) is 29.7 Å². The van der Waals surface area contributed by atoms with Crippen LogP contribution in [-0.2, 0) is 9.47 Å². The number of fused-ring (bicyclic) bond motifs is 4. The van der Waals surface area contributed by atoms with Crippen molar-refractivity contribution < 1.29 is 57.3 Å². The highest BCUT2D eigenvalue weighted by Crippen LogP contribution is 2.35. The number of anilines is 2. The van der Waals surface area contributed by atoms with Gasteiger partial charge in [0.05, 0.1) is 69.9 Å². The summed E-state index contributed by atoms with van der Waals surface area (Å²) in [5, 5.41) is 0. The number of amides is 8. The molecule has 0 radical (unpaired) electrons. The minimum absolute atomic E-state index is 0.0144. The fourth-order valence-corrected chi connectivity index (χ4v) is 7.82. The van der Waals surface area contributed by atoms with Gasteiger partial charge >= 0.3 is 0 Å². The molecule has 0 aliphatic carbocycles. The van der Waals surface area contributed by atoms with E-state index in [9.17, 15) is 38.4 Å². The number of aromatic nitrogens is 4. The van der Waals surface area contributed by atoms with E-state index in [-0.39, 0.29) is 92.6 Å². The molecule has 20 heteroatoms. The van der Waals surface area contributed by atoms with Crippen LogP contribution in [0.25, 0.3) is 0 Å². The molecule has 0 N–H and O–H groups in total. The van der Waals surface area contributed by atoms with Crippen LogP contribution in [0.3, 0.4) is 0 Å². The molecule has 67 heavy (non-hydrogen) atoms. The lowest BCUT2D eigenvalue weighted by Crippen LogP contribution is -2.38. The first kappa shape index (κ1) is 42.1. The SMILES string of the molecule is CC(COC(C)CN1C(=O)c2ccc(Oc3ccc4c(c3)C(=O)N(c3ncccn3)C4=O)cc2C1=O)OCN1C(=O)c2ccc(Oc3ccc4c(c3)C(=O)N(c3ncccn3)C4=O)cc2C1=O. The van der Waals surface area contributed by atoms with Gasteiger partial charge in [0.25, 0.3) is 47.3 Å². The molecule has 20 nitrogen and oxygen atoms in total. The molecular formula is C47H32N8O12. The minimum atomic E-state index is -0.643. The molecule has 4 aliphatic heterocycles. The lowest BCUT2D eigenvalue weighted by atomic mass is 10.1. The van der Waals surface area contributed by atoms with Crippen molar-refractivity contribution in [3.8, 4) is 23.0 Å². The molecule has 2 aromatic heterocycles. The van der Waals surface area contributed by atoms with Gasteiger partial charge in [-0.1, -0.05) is 0 Å². The Kier molecular flexibility index (Phi) is 10.4. The fourth-order valence-electron chi connectivity index (χ4n) is 7.82. The van der Waals surface area contributed by atoms with Gasteiger partial charge in [-0.25, -0.2) is 34.6 Å². The van der Waals surface area contributed by atoms with Crippen molar-refractivity contribution in [3.63, 3.8) is 0 Å². The van der Waals surface area contributed by atoms with Crippen molar-refractivity contribution in [1.29, 1.82) is 0 Å². The van der Waals surface area contributed by atoms with Gasteiger partial charge < -0.3 is 18.9 Å².